The lowest BCUT2D eigenvalue weighted by Gasteiger charge is -2.19. The number of Topliss-reactive ketones (excluding diaryl/α,β-unsaturated/α-hetero) is 1. The van der Waals surface area contributed by atoms with Crippen LogP contribution in [0.15, 0.2) is 42.6 Å². The molecule has 2 fully saturated rings. The van der Waals surface area contributed by atoms with Crippen LogP contribution < -0.4 is 4.74 Å². The van der Waals surface area contributed by atoms with Gasteiger partial charge in [0.1, 0.15) is 11.5 Å². The number of ketones is 1. The highest BCUT2D eigenvalue weighted by Crippen LogP contribution is 2.40. The van der Waals surface area contributed by atoms with Crippen LogP contribution in [0.1, 0.15) is 28.9 Å². The van der Waals surface area contributed by atoms with E-state index in [9.17, 15) is 9.90 Å². The molecule has 2 atom stereocenters. The van der Waals surface area contributed by atoms with E-state index in [1.165, 1.54) is 0 Å². The van der Waals surface area contributed by atoms with E-state index in [1.54, 1.807) is 30.5 Å². The number of benzene rings is 1. The Balaban J connectivity index is 1.30. The molecule has 1 saturated heterocycles. The summed E-state index contributed by atoms with van der Waals surface area (Å²) in [4.78, 5) is 19.0. The fourth-order valence-corrected chi connectivity index (χ4v) is 4.28. The first-order chi connectivity index (χ1) is 12.6. The van der Waals surface area contributed by atoms with Crippen LogP contribution in [0.25, 0.3) is 0 Å². The van der Waals surface area contributed by atoms with Crippen LogP contribution in [0.3, 0.4) is 0 Å². The van der Waals surface area contributed by atoms with E-state index in [1.807, 2.05) is 19.1 Å². The van der Waals surface area contributed by atoms with Crippen molar-refractivity contribution in [1.82, 2.24) is 9.88 Å². The highest BCUT2D eigenvalue weighted by molar-refractivity contribution is 5.97. The first-order valence-electron chi connectivity index (χ1n) is 9.21. The Kier molecular flexibility index (Phi) is 4.64. The van der Waals surface area contributed by atoms with E-state index in [4.69, 9.17) is 4.74 Å². The predicted octanol–water partition coefficient (Wildman–Crippen LogP) is 3.07. The number of aromatic hydroxyl groups is 1. The van der Waals surface area contributed by atoms with Gasteiger partial charge in [-0.2, -0.15) is 0 Å². The Labute approximate surface area is 153 Å². The molecule has 2 unspecified atom stereocenters. The lowest BCUT2D eigenvalue weighted by molar-refractivity contribution is 0.0936. The third-order valence-corrected chi connectivity index (χ3v) is 5.59. The maximum atomic E-state index is 12.4. The number of carbonyl (C=O) groups excluding carboxylic acids is 1. The number of phenols is 1. The lowest BCUT2D eigenvalue weighted by Crippen LogP contribution is -2.30. The standard InChI is InChI=1S/C21H24N2O3/c1-14-21(3-2-8-22-14)26-19-9-16-11-23(12-17(16)10-19)13-20(25)15-4-6-18(24)7-5-15/h2-8,16-17,19,24H,9-13H2,1H3. The van der Waals surface area contributed by atoms with Crippen molar-refractivity contribution in [3.8, 4) is 11.5 Å². The number of hydrogen-bond acceptors (Lipinski definition) is 5. The Hall–Kier alpha value is -2.40. The summed E-state index contributed by atoms with van der Waals surface area (Å²) in [5, 5.41) is 9.34. The molecule has 5 heteroatoms. The topological polar surface area (TPSA) is 62.7 Å². The van der Waals surface area contributed by atoms with Crippen molar-refractivity contribution in [3.05, 3.63) is 53.9 Å². The number of ether oxygens (including phenoxy) is 1. The molecule has 0 bridgehead atoms. The number of hydrogen-bond donors (Lipinski definition) is 1. The summed E-state index contributed by atoms with van der Waals surface area (Å²) in [6, 6.07) is 10.4. The quantitative estimate of drug-likeness (QED) is 0.838. The molecule has 0 spiro atoms. The van der Waals surface area contributed by atoms with E-state index in [2.05, 4.69) is 9.88 Å². The van der Waals surface area contributed by atoms with E-state index in [0.29, 0.717) is 23.9 Å². The lowest BCUT2D eigenvalue weighted by atomic mass is 10.0. The van der Waals surface area contributed by atoms with Crippen molar-refractivity contribution in [1.29, 1.82) is 0 Å². The van der Waals surface area contributed by atoms with E-state index >= 15 is 0 Å². The average Bonchev–Trinajstić information content (AvgIpc) is 3.15. The molecule has 4 rings (SSSR count). The summed E-state index contributed by atoms with van der Waals surface area (Å²) in [5.41, 5.74) is 1.60. The van der Waals surface area contributed by atoms with Gasteiger partial charge in [-0.25, -0.2) is 0 Å². The number of aryl methyl sites for hydroxylation is 1. The SMILES string of the molecule is Cc1ncccc1OC1CC2CN(CC(=O)c3ccc(O)cc3)CC2C1. The van der Waals surface area contributed by atoms with Gasteiger partial charge in [0.15, 0.2) is 5.78 Å². The van der Waals surface area contributed by atoms with Gasteiger partial charge in [-0.15, -0.1) is 0 Å². The van der Waals surface area contributed by atoms with Gasteiger partial charge in [0.25, 0.3) is 0 Å². The number of nitrogens with zero attached hydrogens (tertiary/aromatic N) is 2. The van der Waals surface area contributed by atoms with Crippen molar-refractivity contribution in [3.63, 3.8) is 0 Å². The zero-order chi connectivity index (χ0) is 18.1. The monoisotopic (exact) mass is 352 g/mol. The maximum Gasteiger partial charge on any atom is 0.176 e. The third-order valence-electron chi connectivity index (χ3n) is 5.59. The summed E-state index contributed by atoms with van der Waals surface area (Å²) in [6.45, 7) is 4.34. The highest BCUT2D eigenvalue weighted by Gasteiger charge is 2.42. The van der Waals surface area contributed by atoms with Crippen molar-refractivity contribution in [2.45, 2.75) is 25.9 Å². The number of fused-ring (bicyclic) bond motifs is 1. The van der Waals surface area contributed by atoms with Crippen LogP contribution in [-0.2, 0) is 0 Å². The molecular weight excluding hydrogens is 328 g/mol. The second-order valence-electron chi connectivity index (χ2n) is 7.48. The minimum atomic E-state index is 0.115. The van der Waals surface area contributed by atoms with Crippen molar-refractivity contribution in [2.24, 2.45) is 11.8 Å². The van der Waals surface area contributed by atoms with E-state index < -0.39 is 0 Å². The molecule has 1 saturated carbocycles. The van der Waals surface area contributed by atoms with Crippen LogP contribution in [-0.4, -0.2) is 46.5 Å². The number of carbonyl (C=O) groups is 1. The predicted molar refractivity (Wildman–Crippen MR) is 98.5 cm³/mol. The molecule has 1 aliphatic heterocycles. The molecule has 26 heavy (non-hydrogen) atoms. The molecule has 136 valence electrons. The van der Waals surface area contributed by atoms with Gasteiger partial charge < -0.3 is 9.84 Å². The van der Waals surface area contributed by atoms with E-state index in [-0.39, 0.29) is 17.6 Å². The Morgan fingerprint density at radius 3 is 2.54 bits per heavy atom. The molecule has 2 heterocycles. The van der Waals surface area contributed by atoms with Crippen molar-refractivity contribution >= 4 is 5.78 Å². The Morgan fingerprint density at radius 2 is 1.88 bits per heavy atom. The Bertz CT molecular complexity index is 776. The molecular formula is C21H24N2O3. The summed E-state index contributed by atoms with van der Waals surface area (Å²) in [6.07, 6.45) is 4.13. The molecule has 1 aliphatic carbocycles. The number of phenolic OH excluding ortho intramolecular Hbond substituents is 1. The first-order valence-corrected chi connectivity index (χ1v) is 9.21. The number of likely N-dealkylation sites (tertiary alicyclic amines) is 1. The van der Waals surface area contributed by atoms with Gasteiger partial charge in [-0.1, -0.05) is 0 Å². The van der Waals surface area contributed by atoms with Gasteiger partial charge >= 0.3 is 0 Å². The summed E-state index contributed by atoms with van der Waals surface area (Å²) < 4.78 is 6.17. The van der Waals surface area contributed by atoms with Crippen LogP contribution in [0.5, 0.6) is 11.5 Å². The minimum absolute atomic E-state index is 0.115. The third kappa shape index (κ3) is 3.58. The maximum absolute atomic E-state index is 12.4. The van der Waals surface area contributed by atoms with Crippen LogP contribution in [0.4, 0.5) is 0 Å². The molecule has 5 nitrogen and oxygen atoms in total. The largest absolute Gasteiger partial charge is 0.508 e. The zero-order valence-corrected chi connectivity index (χ0v) is 15.0. The van der Waals surface area contributed by atoms with Gasteiger partial charge in [0, 0.05) is 24.8 Å². The Morgan fingerprint density at radius 1 is 1.19 bits per heavy atom. The smallest absolute Gasteiger partial charge is 0.176 e. The molecule has 1 N–H and O–H groups in total. The van der Waals surface area contributed by atoms with Gasteiger partial charge in [0.2, 0.25) is 0 Å². The van der Waals surface area contributed by atoms with Gasteiger partial charge in [-0.05, 0) is 68.0 Å². The number of aromatic nitrogens is 1. The highest BCUT2D eigenvalue weighted by atomic mass is 16.5. The zero-order valence-electron chi connectivity index (χ0n) is 15.0. The first kappa shape index (κ1) is 17.0. The molecule has 1 aromatic carbocycles. The van der Waals surface area contributed by atoms with Crippen LogP contribution >= 0.6 is 0 Å². The van der Waals surface area contributed by atoms with Gasteiger partial charge in [0.05, 0.1) is 18.3 Å². The second-order valence-corrected chi connectivity index (χ2v) is 7.48. The normalized spacial score (nSPS) is 25.2. The van der Waals surface area contributed by atoms with Crippen LogP contribution in [0, 0.1) is 18.8 Å². The summed E-state index contributed by atoms with van der Waals surface area (Å²) >= 11 is 0. The minimum Gasteiger partial charge on any atom is -0.508 e. The summed E-state index contributed by atoms with van der Waals surface area (Å²) in [7, 11) is 0. The summed E-state index contributed by atoms with van der Waals surface area (Å²) in [5.74, 6) is 2.39. The van der Waals surface area contributed by atoms with Crippen molar-refractivity contribution < 1.29 is 14.6 Å². The molecule has 1 aromatic heterocycles. The van der Waals surface area contributed by atoms with Crippen LogP contribution in [0.2, 0.25) is 0 Å². The molecule has 2 aliphatic rings. The van der Waals surface area contributed by atoms with E-state index in [0.717, 1.165) is 37.4 Å². The number of rotatable bonds is 5. The fourth-order valence-electron chi connectivity index (χ4n) is 4.28. The molecule has 0 radical (unpaired) electrons. The average molecular weight is 352 g/mol. The van der Waals surface area contributed by atoms with Crippen molar-refractivity contribution in [2.75, 3.05) is 19.6 Å². The molecule has 2 aromatic rings. The number of pyridine rings is 1. The molecule has 0 amide bonds. The second kappa shape index (κ2) is 7.08. The fraction of sp³-hybridized carbons (Fsp3) is 0.429. The van der Waals surface area contributed by atoms with Gasteiger partial charge in [-0.3, -0.25) is 14.7 Å².